The molecule has 2 rings (SSSR count). The summed E-state index contributed by atoms with van der Waals surface area (Å²) in [5, 5.41) is 2.94. The van der Waals surface area contributed by atoms with Gasteiger partial charge in [-0.3, -0.25) is 9.59 Å². The summed E-state index contributed by atoms with van der Waals surface area (Å²) >= 11 is 1.57. The fraction of sp³-hybridized carbons (Fsp3) is 0.562. The summed E-state index contributed by atoms with van der Waals surface area (Å²) < 4.78 is 5.43. The largest absolute Gasteiger partial charge is 0.477 e. The molecule has 0 aliphatic carbocycles. The molecule has 0 unspecified atom stereocenters. The van der Waals surface area contributed by atoms with Gasteiger partial charge >= 0.3 is 0 Å². The van der Waals surface area contributed by atoms with Gasteiger partial charge in [-0.1, -0.05) is 0 Å². The second-order valence-electron chi connectivity index (χ2n) is 6.32. The number of amides is 2. The lowest BCUT2D eigenvalue weighted by Gasteiger charge is -2.28. The topological polar surface area (TPSA) is 71.5 Å². The summed E-state index contributed by atoms with van der Waals surface area (Å²) in [6, 6.07) is 2.91. The van der Waals surface area contributed by atoms with Gasteiger partial charge in [-0.15, -0.1) is 11.8 Å². The van der Waals surface area contributed by atoms with Gasteiger partial charge in [0.05, 0.1) is 12.5 Å². The van der Waals surface area contributed by atoms with Gasteiger partial charge in [0, 0.05) is 17.5 Å². The summed E-state index contributed by atoms with van der Waals surface area (Å²) in [5.41, 5.74) is 0.0644. The van der Waals surface area contributed by atoms with E-state index in [1.807, 2.05) is 27.7 Å². The van der Waals surface area contributed by atoms with Crippen LogP contribution in [0.4, 0.5) is 0 Å². The number of aromatic nitrogens is 1. The molecular weight excluding hydrogens is 314 g/mol. The number of nitrogens with zero attached hydrogens (tertiary/aromatic N) is 2. The molecule has 1 aliphatic rings. The molecule has 126 valence electrons. The highest BCUT2D eigenvalue weighted by atomic mass is 32.2. The predicted octanol–water partition coefficient (Wildman–Crippen LogP) is 1.91. The second-order valence-corrected chi connectivity index (χ2v) is 7.32. The first-order valence-electron chi connectivity index (χ1n) is 7.62. The Hall–Kier alpha value is -1.76. The molecule has 0 radical (unpaired) electrons. The van der Waals surface area contributed by atoms with Gasteiger partial charge in [0.25, 0.3) is 5.91 Å². The Labute approximate surface area is 141 Å². The lowest BCUT2D eigenvalue weighted by Crippen LogP contribution is -2.52. The van der Waals surface area contributed by atoms with E-state index in [4.69, 9.17) is 4.74 Å². The minimum atomic E-state index is -0.471. The average molecular weight is 337 g/mol. The maximum absolute atomic E-state index is 12.8. The van der Waals surface area contributed by atoms with Crippen molar-refractivity contribution >= 4 is 23.6 Å². The van der Waals surface area contributed by atoms with Crippen LogP contribution in [0.1, 0.15) is 38.1 Å². The second kappa shape index (κ2) is 7.21. The molecule has 0 aromatic carbocycles. The van der Waals surface area contributed by atoms with Crippen LogP contribution in [0.15, 0.2) is 18.3 Å². The predicted molar refractivity (Wildman–Crippen MR) is 90.6 cm³/mol. The van der Waals surface area contributed by atoms with Gasteiger partial charge in [-0.05, 0) is 39.8 Å². The van der Waals surface area contributed by atoms with E-state index in [0.717, 1.165) is 0 Å². The Morgan fingerprint density at radius 1 is 1.48 bits per heavy atom. The van der Waals surface area contributed by atoms with Crippen molar-refractivity contribution in [2.24, 2.45) is 0 Å². The van der Waals surface area contributed by atoms with Crippen molar-refractivity contribution in [3.05, 3.63) is 23.9 Å². The molecule has 1 atom stereocenters. The Kier molecular flexibility index (Phi) is 5.51. The van der Waals surface area contributed by atoms with Crippen molar-refractivity contribution < 1.29 is 14.3 Å². The van der Waals surface area contributed by atoms with Crippen molar-refractivity contribution in [3.8, 4) is 5.88 Å². The number of rotatable bonds is 4. The highest BCUT2D eigenvalue weighted by Crippen LogP contribution is 2.26. The third-order valence-corrected chi connectivity index (χ3v) is 4.24. The number of nitrogens with one attached hydrogen (secondary N) is 1. The van der Waals surface area contributed by atoms with Crippen LogP contribution in [0.2, 0.25) is 0 Å². The van der Waals surface area contributed by atoms with E-state index in [9.17, 15) is 9.59 Å². The Morgan fingerprint density at radius 2 is 2.22 bits per heavy atom. The fourth-order valence-corrected chi connectivity index (χ4v) is 3.43. The first-order valence-corrected chi connectivity index (χ1v) is 8.77. The number of carbonyl (C=O) groups is 2. The number of ether oxygens (including phenoxy) is 1. The smallest absolute Gasteiger partial charge is 0.260 e. The van der Waals surface area contributed by atoms with Gasteiger partial charge in [-0.25, -0.2) is 4.98 Å². The molecule has 1 aromatic heterocycles. The van der Waals surface area contributed by atoms with Crippen molar-refractivity contribution in [2.45, 2.75) is 39.3 Å². The molecule has 1 saturated heterocycles. The third kappa shape index (κ3) is 4.37. The van der Waals surface area contributed by atoms with E-state index >= 15 is 0 Å². The van der Waals surface area contributed by atoms with E-state index in [1.165, 1.54) is 0 Å². The molecule has 6 nitrogen and oxygen atoms in total. The van der Waals surface area contributed by atoms with E-state index < -0.39 is 6.04 Å². The standard InChI is InChI=1S/C16H23N3O3S/c1-5-22-14-11(7-6-8-17-14)15(21)19-10-23-9-12(19)13(20)18-16(2,3)4/h6-8,12H,5,9-10H2,1-4H3,(H,18,20)/t12-/m1/s1. The van der Waals surface area contributed by atoms with Crippen LogP contribution >= 0.6 is 11.8 Å². The molecule has 23 heavy (non-hydrogen) atoms. The van der Waals surface area contributed by atoms with Gasteiger partial charge in [0.1, 0.15) is 11.6 Å². The Bertz CT molecular complexity index is 586. The van der Waals surface area contributed by atoms with Crippen molar-refractivity contribution in [2.75, 3.05) is 18.2 Å². The van der Waals surface area contributed by atoms with Crippen molar-refractivity contribution in [1.29, 1.82) is 0 Å². The van der Waals surface area contributed by atoms with Crippen LogP contribution in [0.3, 0.4) is 0 Å². The van der Waals surface area contributed by atoms with Crippen LogP contribution in [0.25, 0.3) is 0 Å². The molecule has 7 heteroatoms. The van der Waals surface area contributed by atoms with Gasteiger partial charge in [-0.2, -0.15) is 0 Å². The summed E-state index contributed by atoms with van der Waals surface area (Å²) in [6.07, 6.45) is 1.59. The molecule has 1 N–H and O–H groups in total. The number of pyridine rings is 1. The SMILES string of the molecule is CCOc1ncccc1C(=O)N1CSC[C@@H]1C(=O)NC(C)(C)C. The minimum absolute atomic E-state index is 0.127. The maximum Gasteiger partial charge on any atom is 0.260 e. The molecule has 1 aliphatic heterocycles. The van der Waals surface area contributed by atoms with Crippen LogP contribution in [-0.4, -0.2) is 51.5 Å². The highest BCUT2D eigenvalue weighted by molar-refractivity contribution is 7.99. The minimum Gasteiger partial charge on any atom is -0.477 e. The molecule has 1 aromatic rings. The summed E-state index contributed by atoms with van der Waals surface area (Å²) in [7, 11) is 0. The van der Waals surface area contributed by atoms with E-state index in [1.54, 1.807) is 35.0 Å². The van der Waals surface area contributed by atoms with Crippen molar-refractivity contribution in [3.63, 3.8) is 0 Å². The zero-order valence-corrected chi connectivity index (χ0v) is 14.8. The Morgan fingerprint density at radius 3 is 2.87 bits per heavy atom. The van der Waals surface area contributed by atoms with Gasteiger partial charge in [0.2, 0.25) is 11.8 Å². The zero-order chi connectivity index (χ0) is 17.0. The summed E-state index contributed by atoms with van der Waals surface area (Å²) in [5.74, 6) is 1.05. The summed E-state index contributed by atoms with van der Waals surface area (Å²) in [4.78, 5) is 31.0. The third-order valence-electron chi connectivity index (χ3n) is 3.23. The van der Waals surface area contributed by atoms with Crippen molar-refractivity contribution in [1.82, 2.24) is 15.2 Å². The van der Waals surface area contributed by atoms with Crippen LogP contribution in [-0.2, 0) is 4.79 Å². The zero-order valence-electron chi connectivity index (χ0n) is 14.0. The number of hydrogen-bond acceptors (Lipinski definition) is 5. The molecular formula is C16H23N3O3S. The maximum atomic E-state index is 12.8. The Balaban J connectivity index is 2.20. The monoisotopic (exact) mass is 337 g/mol. The lowest BCUT2D eigenvalue weighted by molar-refractivity contribution is -0.125. The van der Waals surface area contributed by atoms with Crippen LogP contribution in [0.5, 0.6) is 5.88 Å². The molecule has 2 amide bonds. The molecule has 1 fully saturated rings. The molecule has 0 bridgehead atoms. The number of thioether (sulfide) groups is 1. The highest BCUT2D eigenvalue weighted by Gasteiger charge is 2.37. The average Bonchev–Trinajstić information content (AvgIpc) is 2.95. The quantitative estimate of drug-likeness (QED) is 0.909. The molecule has 0 spiro atoms. The lowest BCUT2D eigenvalue weighted by atomic mass is 10.1. The van der Waals surface area contributed by atoms with E-state index in [0.29, 0.717) is 29.7 Å². The normalized spacial score (nSPS) is 17.9. The fourth-order valence-electron chi connectivity index (χ4n) is 2.27. The van der Waals surface area contributed by atoms with E-state index in [-0.39, 0.29) is 17.4 Å². The van der Waals surface area contributed by atoms with Gasteiger partial charge < -0.3 is 15.0 Å². The van der Waals surface area contributed by atoms with Crippen LogP contribution in [0, 0.1) is 0 Å². The van der Waals surface area contributed by atoms with Gasteiger partial charge in [0.15, 0.2) is 0 Å². The van der Waals surface area contributed by atoms with E-state index in [2.05, 4.69) is 10.3 Å². The first kappa shape index (κ1) is 17.6. The first-order chi connectivity index (χ1) is 10.8. The van der Waals surface area contributed by atoms with Crippen LogP contribution < -0.4 is 10.1 Å². The molecule has 0 saturated carbocycles. The number of carbonyl (C=O) groups excluding carboxylic acids is 2. The molecule has 2 heterocycles. The summed E-state index contributed by atoms with van der Waals surface area (Å²) in [6.45, 7) is 8.04. The number of hydrogen-bond donors (Lipinski definition) is 1.